The lowest BCUT2D eigenvalue weighted by molar-refractivity contribution is 0.0706. The molecule has 0 saturated carbocycles. The predicted octanol–water partition coefficient (Wildman–Crippen LogP) is 1.70. The second-order valence-corrected chi connectivity index (χ2v) is 2.83. The molecular weight excluding hydrogens is 222 g/mol. The largest absolute Gasteiger partial charge is 0.288 e. The summed E-state index contributed by atoms with van der Waals surface area (Å²) < 4.78 is 0. The number of hydroxylamine groups is 1. The maximum atomic E-state index is 10.8. The fourth-order valence-corrected chi connectivity index (χ4v) is 1.18. The second-order valence-electron chi connectivity index (χ2n) is 2.27. The Kier molecular flexibility index (Phi) is 3.25. The molecule has 1 rings (SSSR count). The summed E-state index contributed by atoms with van der Waals surface area (Å²) in [6.45, 7) is 0. The molecule has 64 valence electrons. The van der Waals surface area contributed by atoms with Gasteiger partial charge in [0, 0.05) is 10.9 Å². The maximum Gasteiger partial charge on any atom is 0.274 e. The van der Waals surface area contributed by atoms with Gasteiger partial charge in [0.25, 0.3) is 5.91 Å². The average molecular weight is 230 g/mol. The summed E-state index contributed by atoms with van der Waals surface area (Å²) in [6.07, 6.45) is 0. The smallest absolute Gasteiger partial charge is 0.274 e. The van der Waals surface area contributed by atoms with Crippen LogP contribution in [0.1, 0.15) is 15.9 Å². The first-order chi connectivity index (χ1) is 5.77. The van der Waals surface area contributed by atoms with Crippen molar-refractivity contribution >= 4 is 21.8 Å². The van der Waals surface area contributed by atoms with Crippen molar-refractivity contribution in [3.8, 4) is 0 Å². The van der Waals surface area contributed by atoms with E-state index in [9.17, 15) is 4.79 Å². The molecule has 0 saturated heterocycles. The quantitative estimate of drug-likeness (QED) is 0.461. The highest BCUT2D eigenvalue weighted by Gasteiger charge is 2.01. The van der Waals surface area contributed by atoms with E-state index in [-0.39, 0.29) is 0 Å². The van der Waals surface area contributed by atoms with E-state index in [2.05, 4.69) is 15.9 Å². The fourth-order valence-electron chi connectivity index (χ4n) is 0.810. The third-order valence-corrected chi connectivity index (χ3v) is 2.12. The van der Waals surface area contributed by atoms with Gasteiger partial charge in [0.1, 0.15) is 0 Å². The molecule has 1 amide bonds. The molecule has 0 atom stereocenters. The van der Waals surface area contributed by atoms with Crippen molar-refractivity contribution in [3.63, 3.8) is 0 Å². The topological polar surface area (TPSA) is 49.3 Å². The lowest BCUT2D eigenvalue weighted by Crippen LogP contribution is -2.18. The van der Waals surface area contributed by atoms with Gasteiger partial charge < -0.3 is 0 Å². The summed E-state index contributed by atoms with van der Waals surface area (Å²) in [4.78, 5) is 10.8. The highest BCUT2D eigenvalue weighted by Crippen LogP contribution is 2.07. The zero-order valence-corrected chi connectivity index (χ0v) is 7.84. The van der Waals surface area contributed by atoms with Crippen LogP contribution in [0, 0.1) is 0 Å². The first-order valence-electron chi connectivity index (χ1n) is 3.37. The van der Waals surface area contributed by atoms with E-state index >= 15 is 0 Å². The number of halogens is 1. The van der Waals surface area contributed by atoms with Crippen LogP contribution in [0.5, 0.6) is 0 Å². The zero-order chi connectivity index (χ0) is 8.97. The van der Waals surface area contributed by atoms with Crippen molar-refractivity contribution in [2.24, 2.45) is 0 Å². The summed E-state index contributed by atoms with van der Waals surface area (Å²) in [6, 6.07) is 6.95. The van der Waals surface area contributed by atoms with Crippen LogP contribution >= 0.6 is 15.9 Å². The molecule has 0 spiro atoms. The maximum absolute atomic E-state index is 10.8. The van der Waals surface area contributed by atoms with Crippen LogP contribution in [0.15, 0.2) is 24.3 Å². The highest BCUT2D eigenvalue weighted by atomic mass is 79.9. The summed E-state index contributed by atoms with van der Waals surface area (Å²) >= 11 is 3.29. The van der Waals surface area contributed by atoms with Gasteiger partial charge in [-0.2, -0.15) is 0 Å². The van der Waals surface area contributed by atoms with Crippen LogP contribution in [0.25, 0.3) is 0 Å². The number of amides is 1. The number of hydrogen-bond donors (Lipinski definition) is 2. The molecule has 0 fully saturated rings. The molecule has 2 N–H and O–H groups in total. The van der Waals surface area contributed by atoms with Crippen molar-refractivity contribution in [2.75, 3.05) is 0 Å². The van der Waals surface area contributed by atoms with E-state index in [1.54, 1.807) is 17.6 Å². The monoisotopic (exact) mass is 229 g/mol. The van der Waals surface area contributed by atoms with E-state index in [0.29, 0.717) is 5.56 Å². The predicted molar refractivity (Wildman–Crippen MR) is 48.3 cm³/mol. The molecule has 1 aromatic carbocycles. The number of carbonyl (C=O) groups is 1. The zero-order valence-electron chi connectivity index (χ0n) is 6.25. The Hall–Kier alpha value is -0.870. The van der Waals surface area contributed by atoms with Crippen molar-refractivity contribution in [2.45, 2.75) is 5.33 Å². The average Bonchev–Trinajstić information content (AvgIpc) is 2.17. The third-order valence-electron chi connectivity index (χ3n) is 1.47. The Morgan fingerprint density at radius 1 is 1.42 bits per heavy atom. The molecular formula is C8H8BrNO2. The number of hydrogen-bond acceptors (Lipinski definition) is 2. The molecule has 3 nitrogen and oxygen atoms in total. The van der Waals surface area contributed by atoms with Gasteiger partial charge in [-0.05, 0) is 17.7 Å². The molecule has 0 radical (unpaired) electrons. The van der Waals surface area contributed by atoms with Gasteiger partial charge in [-0.3, -0.25) is 10.0 Å². The van der Waals surface area contributed by atoms with Gasteiger partial charge in [0.2, 0.25) is 0 Å². The number of alkyl halides is 1. The van der Waals surface area contributed by atoms with Crippen molar-refractivity contribution in [1.29, 1.82) is 0 Å². The van der Waals surface area contributed by atoms with Crippen LogP contribution in [-0.2, 0) is 5.33 Å². The first-order valence-corrected chi connectivity index (χ1v) is 4.49. The molecule has 4 heteroatoms. The van der Waals surface area contributed by atoms with Crippen LogP contribution in [-0.4, -0.2) is 11.1 Å². The van der Waals surface area contributed by atoms with Crippen LogP contribution in [0.3, 0.4) is 0 Å². The van der Waals surface area contributed by atoms with Gasteiger partial charge in [-0.25, -0.2) is 5.48 Å². The standard InChI is InChI=1S/C8H8BrNO2/c9-5-6-1-3-7(4-2-6)8(11)10-12/h1-4,12H,5H2,(H,10,11). The Morgan fingerprint density at radius 3 is 2.42 bits per heavy atom. The molecule has 0 unspecified atom stereocenters. The molecule has 0 bridgehead atoms. The van der Waals surface area contributed by atoms with Crippen LogP contribution < -0.4 is 5.48 Å². The van der Waals surface area contributed by atoms with E-state index in [1.165, 1.54) is 0 Å². The minimum Gasteiger partial charge on any atom is -0.288 e. The normalized spacial score (nSPS) is 9.50. The van der Waals surface area contributed by atoms with E-state index in [0.717, 1.165) is 10.9 Å². The summed E-state index contributed by atoms with van der Waals surface area (Å²) in [7, 11) is 0. The number of carbonyl (C=O) groups excluding carboxylic acids is 1. The Bertz CT molecular complexity index is 271. The first kappa shape index (κ1) is 9.22. The SMILES string of the molecule is O=C(NO)c1ccc(CBr)cc1. The Labute approximate surface area is 78.5 Å². The Balaban J connectivity index is 2.84. The number of nitrogens with one attached hydrogen (secondary N) is 1. The minimum absolute atomic E-state index is 0.446. The van der Waals surface area contributed by atoms with Gasteiger partial charge in [0.15, 0.2) is 0 Å². The molecule has 0 aromatic heterocycles. The van der Waals surface area contributed by atoms with E-state index < -0.39 is 5.91 Å². The molecule has 1 aromatic rings. The van der Waals surface area contributed by atoms with Crippen molar-refractivity contribution in [1.82, 2.24) is 5.48 Å². The summed E-state index contributed by atoms with van der Waals surface area (Å²) in [5.74, 6) is -0.490. The van der Waals surface area contributed by atoms with Crippen LogP contribution in [0.2, 0.25) is 0 Å². The molecule has 0 aliphatic heterocycles. The molecule has 0 aliphatic rings. The van der Waals surface area contributed by atoms with Crippen LogP contribution in [0.4, 0.5) is 0 Å². The third kappa shape index (κ3) is 2.06. The van der Waals surface area contributed by atoms with Gasteiger partial charge in [-0.1, -0.05) is 28.1 Å². The van der Waals surface area contributed by atoms with Crippen molar-refractivity contribution in [3.05, 3.63) is 35.4 Å². The summed E-state index contributed by atoms with van der Waals surface area (Å²) in [5, 5.41) is 9.06. The fraction of sp³-hybridized carbons (Fsp3) is 0.125. The Morgan fingerprint density at radius 2 is 2.00 bits per heavy atom. The molecule has 0 heterocycles. The molecule has 12 heavy (non-hydrogen) atoms. The highest BCUT2D eigenvalue weighted by molar-refractivity contribution is 9.08. The van der Waals surface area contributed by atoms with E-state index in [1.807, 2.05) is 12.1 Å². The van der Waals surface area contributed by atoms with Gasteiger partial charge in [0.05, 0.1) is 0 Å². The summed E-state index contributed by atoms with van der Waals surface area (Å²) in [5.41, 5.74) is 3.10. The number of rotatable bonds is 2. The minimum atomic E-state index is -0.490. The second kappa shape index (κ2) is 4.23. The van der Waals surface area contributed by atoms with E-state index in [4.69, 9.17) is 5.21 Å². The van der Waals surface area contributed by atoms with Crippen molar-refractivity contribution < 1.29 is 10.0 Å². The molecule has 0 aliphatic carbocycles. The lowest BCUT2D eigenvalue weighted by Gasteiger charge is -1.98. The lowest BCUT2D eigenvalue weighted by atomic mass is 10.1. The van der Waals surface area contributed by atoms with Gasteiger partial charge >= 0.3 is 0 Å². The number of benzene rings is 1. The van der Waals surface area contributed by atoms with Gasteiger partial charge in [-0.15, -0.1) is 0 Å².